The SMILES string of the molecule is CC(C)(CON)c1ccc(Cl)cc1Br. The maximum Gasteiger partial charge on any atom is 0.0770 e. The standard InChI is InChI=1S/C10H13BrClNO/c1-10(2,6-14-13)8-4-3-7(12)5-9(8)11/h3-5H,6,13H2,1-2H3. The lowest BCUT2D eigenvalue weighted by atomic mass is 9.86. The van der Waals surface area contributed by atoms with Gasteiger partial charge in [-0.3, -0.25) is 0 Å². The lowest BCUT2D eigenvalue weighted by Crippen LogP contribution is -2.26. The van der Waals surface area contributed by atoms with Crippen LogP contribution in [0.5, 0.6) is 0 Å². The molecule has 0 aliphatic rings. The number of halogens is 2. The molecular weight excluding hydrogens is 265 g/mol. The van der Waals surface area contributed by atoms with Gasteiger partial charge >= 0.3 is 0 Å². The summed E-state index contributed by atoms with van der Waals surface area (Å²) in [4.78, 5) is 4.69. The molecule has 1 aromatic carbocycles. The van der Waals surface area contributed by atoms with E-state index in [1.807, 2.05) is 18.2 Å². The van der Waals surface area contributed by atoms with Crippen LogP contribution < -0.4 is 5.90 Å². The molecule has 1 rings (SSSR count). The van der Waals surface area contributed by atoms with Gasteiger partial charge in [0, 0.05) is 14.9 Å². The summed E-state index contributed by atoms with van der Waals surface area (Å²) in [5.41, 5.74) is 1.00. The molecule has 2 nitrogen and oxygen atoms in total. The Labute approximate surface area is 97.5 Å². The normalized spacial score (nSPS) is 11.8. The molecule has 4 heteroatoms. The molecule has 0 fully saturated rings. The van der Waals surface area contributed by atoms with Gasteiger partial charge in [-0.05, 0) is 17.7 Å². The molecule has 0 heterocycles. The van der Waals surface area contributed by atoms with E-state index in [1.54, 1.807) is 0 Å². The first kappa shape index (κ1) is 12.0. The Morgan fingerprint density at radius 1 is 1.50 bits per heavy atom. The van der Waals surface area contributed by atoms with Crippen LogP contribution in [0.2, 0.25) is 5.02 Å². The van der Waals surface area contributed by atoms with Crippen LogP contribution in [0.3, 0.4) is 0 Å². The topological polar surface area (TPSA) is 35.2 Å². The van der Waals surface area contributed by atoms with Crippen molar-refractivity contribution < 1.29 is 4.84 Å². The van der Waals surface area contributed by atoms with Crippen molar-refractivity contribution >= 4 is 27.5 Å². The van der Waals surface area contributed by atoms with E-state index in [0.29, 0.717) is 11.6 Å². The molecular formula is C10H13BrClNO. The summed E-state index contributed by atoms with van der Waals surface area (Å²) in [5.74, 6) is 5.09. The number of nitrogens with two attached hydrogens (primary N) is 1. The molecule has 0 saturated carbocycles. The zero-order chi connectivity index (χ0) is 10.8. The van der Waals surface area contributed by atoms with Gasteiger partial charge in [-0.15, -0.1) is 0 Å². The summed E-state index contributed by atoms with van der Waals surface area (Å²) in [6, 6.07) is 5.71. The maximum absolute atomic E-state index is 5.86. The molecule has 0 bridgehead atoms. The van der Waals surface area contributed by atoms with Crippen molar-refractivity contribution in [3.05, 3.63) is 33.3 Å². The van der Waals surface area contributed by atoms with Gasteiger partial charge in [0.05, 0.1) is 6.61 Å². The number of benzene rings is 1. The van der Waals surface area contributed by atoms with Gasteiger partial charge < -0.3 is 4.84 Å². The highest BCUT2D eigenvalue weighted by molar-refractivity contribution is 9.10. The zero-order valence-corrected chi connectivity index (χ0v) is 10.5. The van der Waals surface area contributed by atoms with Gasteiger partial charge in [0.2, 0.25) is 0 Å². The minimum atomic E-state index is -0.127. The largest absolute Gasteiger partial charge is 0.304 e. The predicted octanol–water partition coefficient (Wildman–Crippen LogP) is 3.27. The van der Waals surface area contributed by atoms with Crippen molar-refractivity contribution in [3.8, 4) is 0 Å². The Bertz CT molecular complexity index is 328. The summed E-state index contributed by atoms with van der Waals surface area (Å²) < 4.78 is 0.979. The quantitative estimate of drug-likeness (QED) is 0.861. The Kier molecular flexibility index (Phi) is 3.95. The van der Waals surface area contributed by atoms with Gasteiger partial charge in [-0.2, -0.15) is 0 Å². The van der Waals surface area contributed by atoms with E-state index in [2.05, 4.69) is 29.8 Å². The van der Waals surface area contributed by atoms with Crippen molar-refractivity contribution in [1.29, 1.82) is 0 Å². The fraction of sp³-hybridized carbons (Fsp3) is 0.400. The average Bonchev–Trinajstić information content (AvgIpc) is 2.02. The van der Waals surface area contributed by atoms with Crippen LogP contribution in [0.1, 0.15) is 19.4 Å². The van der Waals surface area contributed by atoms with E-state index in [0.717, 1.165) is 10.0 Å². The lowest BCUT2D eigenvalue weighted by Gasteiger charge is -2.25. The van der Waals surface area contributed by atoms with Crippen molar-refractivity contribution in [3.63, 3.8) is 0 Å². The van der Waals surface area contributed by atoms with Crippen LogP contribution in [-0.2, 0) is 10.3 Å². The third-order valence-corrected chi connectivity index (χ3v) is 3.00. The van der Waals surface area contributed by atoms with E-state index < -0.39 is 0 Å². The van der Waals surface area contributed by atoms with Gasteiger partial charge in [-0.1, -0.05) is 47.4 Å². The molecule has 0 aromatic heterocycles. The first-order valence-corrected chi connectivity index (χ1v) is 5.41. The molecule has 0 atom stereocenters. The van der Waals surface area contributed by atoms with E-state index in [-0.39, 0.29) is 5.41 Å². The highest BCUT2D eigenvalue weighted by Crippen LogP contribution is 2.31. The molecule has 0 aliphatic heterocycles. The predicted molar refractivity (Wildman–Crippen MR) is 62.3 cm³/mol. The van der Waals surface area contributed by atoms with Crippen molar-refractivity contribution in [2.24, 2.45) is 5.90 Å². The average molecular weight is 279 g/mol. The van der Waals surface area contributed by atoms with E-state index >= 15 is 0 Å². The summed E-state index contributed by atoms with van der Waals surface area (Å²) in [5, 5.41) is 0.713. The molecule has 78 valence electrons. The van der Waals surface area contributed by atoms with Crippen LogP contribution in [-0.4, -0.2) is 6.61 Å². The van der Waals surface area contributed by atoms with Crippen molar-refractivity contribution in [2.45, 2.75) is 19.3 Å². The second-order valence-corrected chi connectivity index (χ2v) is 5.11. The third-order valence-electron chi connectivity index (χ3n) is 2.10. The second kappa shape index (κ2) is 4.62. The molecule has 0 aliphatic carbocycles. The Balaban J connectivity index is 3.06. The third kappa shape index (κ3) is 2.70. The number of rotatable bonds is 3. The van der Waals surface area contributed by atoms with Crippen LogP contribution in [0.4, 0.5) is 0 Å². The Morgan fingerprint density at radius 3 is 2.64 bits per heavy atom. The fourth-order valence-electron chi connectivity index (χ4n) is 1.32. The number of hydrogen-bond donors (Lipinski definition) is 1. The minimum absolute atomic E-state index is 0.127. The van der Waals surface area contributed by atoms with Crippen LogP contribution in [0.15, 0.2) is 22.7 Å². The molecule has 0 radical (unpaired) electrons. The van der Waals surface area contributed by atoms with E-state index in [1.165, 1.54) is 0 Å². The van der Waals surface area contributed by atoms with Crippen LogP contribution >= 0.6 is 27.5 Å². The molecule has 0 spiro atoms. The summed E-state index contributed by atoms with van der Waals surface area (Å²) in [6.45, 7) is 4.59. The summed E-state index contributed by atoms with van der Waals surface area (Å²) in [7, 11) is 0. The maximum atomic E-state index is 5.86. The van der Waals surface area contributed by atoms with Crippen molar-refractivity contribution in [2.75, 3.05) is 6.61 Å². The monoisotopic (exact) mass is 277 g/mol. The molecule has 1 aromatic rings. The van der Waals surface area contributed by atoms with Gasteiger partial charge in [-0.25, -0.2) is 5.90 Å². The number of hydrogen-bond acceptors (Lipinski definition) is 2. The minimum Gasteiger partial charge on any atom is -0.304 e. The lowest BCUT2D eigenvalue weighted by molar-refractivity contribution is 0.0962. The highest BCUT2D eigenvalue weighted by atomic mass is 79.9. The molecule has 0 saturated heterocycles. The first-order chi connectivity index (χ1) is 6.47. The summed E-state index contributed by atoms with van der Waals surface area (Å²) in [6.07, 6.45) is 0. The first-order valence-electron chi connectivity index (χ1n) is 4.24. The Morgan fingerprint density at radius 2 is 2.14 bits per heavy atom. The van der Waals surface area contributed by atoms with Gasteiger partial charge in [0.1, 0.15) is 0 Å². The zero-order valence-electron chi connectivity index (χ0n) is 8.18. The van der Waals surface area contributed by atoms with E-state index in [9.17, 15) is 0 Å². The molecule has 0 amide bonds. The molecule has 2 N–H and O–H groups in total. The van der Waals surface area contributed by atoms with Gasteiger partial charge in [0.15, 0.2) is 0 Å². The molecule has 14 heavy (non-hydrogen) atoms. The fourth-order valence-corrected chi connectivity index (χ4v) is 2.54. The molecule has 0 unspecified atom stereocenters. The Hall–Kier alpha value is -0.0900. The summed E-state index contributed by atoms with van der Waals surface area (Å²) >= 11 is 9.33. The van der Waals surface area contributed by atoms with Crippen LogP contribution in [0, 0.1) is 0 Å². The van der Waals surface area contributed by atoms with Crippen LogP contribution in [0.25, 0.3) is 0 Å². The van der Waals surface area contributed by atoms with Crippen molar-refractivity contribution in [1.82, 2.24) is 0 Å². The second-order valence-electron chi connectivity index (χ2n) is 3.82. The smallest absolute Gasteiger partial charge is 0.0770 e. The van der Waals surface area contributed by atoms with Gasteiger partial charge in [0.25, 0.3) is 0 Å². The highest BCUT2D eigenvalue weighted by Gasteiger charge is 2.23. The van der Waals surface area contributed by atoms with E-state index in [4.69, 9.17) is 22.3 Å².